The number of imidazole rings is 1. The van der Waals surface area contributed by atoms with Gasteiger partial charge in [0.25, 0.3) is 0 Å². The SMILES string of the molecule is BNc1ncnc2c1ncn2[C@H]1CCC(COP(O)(=S)OCCC#N)O1. The fourth-order valence-electron chi connectivity index (χ4n) is 2.68. The molecule has 3 heterocycles. The number of nitrogens with one attached hydrogen (secondary N) is 1. The fourth-order valence-corrected chi connectivity index (χ4v) is 3.84. The number of hydrogen-bond donors (Lipinski definition) is 2. The molecule has 2 N–H and O–H groups in total. The first-order valence-electron chi connectivity index (χ1n) is 8.03. The normalized spacial score (nSPS) is 22.2. The standard InChI is InChI=1S/C13H18BN6O4PS/c14-19-12-11-13(17-7-16-12)20(8-18-11)10-3-2-9(24-10)6-23-25(21,26)22-5-1-4-15/h7-10H,1-3,5-6,14H2,(H,21,26)(H,16,17,19)/t9?,10-,25?/m1/s1. The first-order valence-corrected chi connectivity index (χ1v) is 10.6. The van der Waals surface area contributed by atoms with Crippen LogP contribution in [-0.4, -0.2) is 51.7 Å². The molecule has 1 saturated heterocycles. The molecule has 0 aromatic carbocycles. The van der Waals surface area contributed by atoms with E-state index in [-0.39, 0.29) is 32.0 Å². The summed E-state index contributed by atoms with van der Waals surface area (Å²) < 4.78 is 18.2. The monoisotopic (exact) mass is 396 g/mol. The van der Waals surface area contributed by atoms with Crippen molar-refractivity contribution in [3.8, 4) is 6.07 Å². The first kappa shape index (κ1) is 19.2. The van der Waals surface area contributed by atoms with E-state index in [1.165, 1.54) is 6.33 Å². The molecule has 3 rings (SSSR count). The summed E-state index contributed by atoms with van der Waals surface area (Å²) in [5.74, 6) is 0.655. The second-order valence-electron chi connectivity index (χ2n) is 5.59. The van der Waals surface area contributed by atoms with E-state index >= 15 is 0 Å². The van der Waals surface area contributed by atoms with E-state index in [4.69, 9.17) is 30.9 Å². The van der Waals surface area contributed by atoms with E-state index in [2.05, 4.69) is 20.2 Å². The maximum absolute atomic E-state index is 9.93. The lowest BCUT2D eigenvalue weighted by atomic mass is 10.2. The van der Waals surface area contributed by atoms with Crippen molar-refractivity contribution in [2.75, 3.05) is 18.4 Å². The zero-order valence-electron chi connectivity index (χ0n) is 14.1. The van der Waals surface area contributed by atoms with Crippen LogP contribution in [0.15, 0.2) is 12.7 Å². The van der Waals surface area contributed by atoms with E-state index in [1.807, 2.05) is 10.6 Å². The highest BCUT2D eigenvalue weighted by molar-refractivity contribution is 8.07. The smallest absolute Gasteiger partial charge is 0.324 e. The molecule has 0 spiro atoms. The van der Waals surface area contributed by atoms with Crippen LogP contribution in [-0.2, 0) is 25.6 Å². The van der Waals surface area contributed by atoms with Gasteiger partial charge in [-0.3, -0.25) is 4.57 Å². The van der Waals surface area contributed by atoms with Crippen LogP contribution in [0.5, 0.6) is 0 Å². The van der Waals surface area contributed by atoms with E-state index in [1.54, 1.807) is 14.3 Å². The molecule has 138 valence electrons. The molecule has 2 aromatic heterocycles. The van der Waals surface area contributed by atoms with Crippen LogP contribution in [0.1, 0.15) is 25.5 Å². The molecule has 1 aliphatic rings. The van der Waals surface area contributed by atoms with Crippen LogP contribution in [0, 0.1) is 11.3 Å². The van der Waals surface area contributed by atoms with Crippen molar-refractivity contribution in [1.82, 2.24) is 19.5 Å². The summed E-state index contributed by atoms with van der Waals surface area (Å²) in [6.07, 6.45) is 4.33. The molecular weight excluding hydrogens is 378 g/mol. The molecule has 0 saturated carbocycles. The quantitative estimate of drug-likeness (QED) is 0.373. The predicted octanol–water partition coefficient (Wildman–Crippen LogP) is 0.628. The van der Waals surface area contributed by atoms with Gasteiger partial charge in [-0.2, -0.15) is 5.26 Å². The number of rotatable bonds is 8. The lowest BCUT2D eigenvalue weighted by molar-refractivity contribution is -0.0189. The van der Waals surface area contributed by atoms with Gasteiger partial charge in [-0.1, -0.05) is 0 Å². The second kappa shape index (κ2) is 8.39. The molecule has 3 atom stereocenters. The third-order valence-corrected chi connectivity index (χ3v) is 5.50. The predicted molar refractivity (Wildman–Crippen MR) is 99.3 cm³/mol. The molecular formula is C13H18BN6O4PS. The Labute approximate surface area is 156 Å². The van der Waals surface area contributed by atoms with Gasteiger partial charge in [-0.15, -0.1) is 0 Å². The van der Waals surface area contributed by atoms with E-state index < -0.39 is 6.72 Å². The lowest BCUT2D eigenvalue weighted by Crippen LogP contribution is -2.16. The highest BCUT2D eigenvalue weighted by Crippen LogP contribution is 2.44. The minimum atomic E-state index is -3.35. The Hall–Kier alpha value is -1.61. The van der Waals surface area contributed by atoms with Gasteiger partial charge in [0.05, 0.1) is 38.1 Å². The summed E-state index contributed by atoms with van der Waals surface area (Å²) in [5, 5.41) is 11.5. The second-order valence-corrected chi connectivity index (χ2v) is 8.43. The van der Waals surface area contributed by atoms with Crippen LogP contribution in [0.25, 0.3) is 11.2 Å². The Morgan fingerprint density at radius 1 is 1.46 bits per heavy atom. The average Bonchev–Trinajstić information content (AvgIpc) is 3.26. The minimum absolute atomic E-state index is 0.0486. The Bertz CT molecular complexity index is 861. The summed E-state index contributed by atoms with van der Waals surface area (Å²) in [7, 11) is 1.78. The number of nitrogens with zero attached hydrogens (tertiary/aromatic N) is 5. The molecule has 2 unspecified atom stereocenters. The van der Waals surface area contributed by atoms with Crippen molar-refractivity contribution < 1.29 is 18.7 Å². The van der Waals surface area contributed by atoms with Crippen molar-refractivity contribution in [3.05, 3.63) is 12.7 Å². The summed E-state index contributed by atoms with van der Waals surface area (Å²) in [6.45, 7) is -3.18. The van der Waals surface area contributed by atoms with Crippen molar-refractivity contribution >= 4 is 43.5 Å². The van der Waals surface area contributed by atoms with Gasteiger partial charge in [0.2, 0.25) is 7.98 Å². The van der Waals surface area contributed by atoms with Gasteiger partial charge in [0, 0.05) is 0 Å². The molecule has 26 heavy (non-hydrogen) atoms. The maximum atomic E-state index is 9.93. The molecule has 1 aliphatic heterocycles. The third kappa shape index (κ3) is 4.38. The summed E-state index contributed by atoms with van der Waals surface area (Å²) >= 11 is 4.91. The van der Waals surface area contributed by atoms with Crippen LogP contribution in [0.2, 0.25) is 0 Å². The third-order valence-electron chi connectivity index (χ3n) is 3.88. The highest BCUT2D eigenvalue weighted by Gasteiger charge is 2.30. The molecule has 10 nitrogen and oxygen atoms in total. The number of hydrogen-bond acceptors (Lipinski definition) is 9. The van der Waals surface area contributed by atoms with Crippen molar-refractivity contribution in [1.29, 1.82) is 5.26 Å². The molecule has 1 fully saturated rings. The van der Waals surface area contributed by atoms with Gasteiger partial charge in [0.1, 0.15) is 23.9 Å². The Kier molecular flexibility index (Phi) is 6.18. The number of ether oxygens (including phenoxy) is 1. The number of fused-ring (bicyclic) bond motifs is 1. The van der Waals surface area contributed by atoms with Crippen molar-refractivity contribution in [2.24, 2.45) is 0 Å². The van der Waals surface area contributed by atoms with Gasteiger partial charge in [-0.25, -0.2) is 15.0 Å². The average molecular weight is 396 g/mol. The zero-order valence-corrected chi connectivity index (χ0v) is 15.8. The van der Waals surface area contributed by atoms with E-state index in [0.717, 1.165) is 12.8 Å². The van der Waals surface area contributed by atoms with Crippen molar-refractivity contribution in [3.63, 3.8) is 0 Å². The van der Waals surface area contributed by atoms with E-state index in [9.17, 15) is 4.89 Å². The molecule has 0 radical (unpaired) electrons. The van der Waals surface area contributed by atoms with Crippen LogP contribution in [0.3, 0.4) is 0 Å². The van der Waals surface area contributed by atoms with Gasteiger partial charge < -0.3 is 23.9 Å². The fraction of sp³-hybridized carbons (Fsp3) is 0.538. The molecule has 0 aliphatic carbocycles. The summed E-state index contributed by atoms with van der Waals surface area (Å²) in [4.78, 5) is 22.7. The van der Waals surface area contributed by atoms with Crippen LogP contribution >= 0.6 is 6.72 Å². The Morgan fingerprint density at radius 3 is 3.08 bits per heavy atom. The maximum Gasteiger partial charge on any atom is 0.324 e. The summed E-state index contributed by atoms with van der Waals surface area (Å²) in [6, 6.07) is 1.91. The van der Waals surface area contributed by atoms with Gasteiger partial charge >= 0.3 is 6.72 Å². The lowest BCUT2D eigenvalue weighted by Gasteiger charge is -2.19. The van der Waals surface area contributed by atoms with Crippen molar-refractivity contribution in [2.45, 2.75) is 31.6 Å². The van der Waals surface area contributed by atoms with Gasteiger partial charge in [0.15, 0.2) is 5.65 Å². The van der Waals surface area contributed by atoms with E-state index in [0.29, 0.717) is 17.0 Å². The topological polar surface area (TPSA) is 127 Å². The Balaban J connectivity index is 1.59. The Morgan fingerprint density at radius 2 is 2.31 bits per heavy atom. The molecule has 2 aromatic rings. The first-order chi connectivity index (χ1) is 12.5. The molecule has 0 bridgehead atoms. The number of nitriles is 1. The molecule has 13 heteroatoms. The molecule has 0 amide bonds. The summed E-state index contributed by atoms with van der Waals surface area (Å²) in [5.41, 5.74) is 1.36. The number of anilines is 1. The van der Waals surface area contributed by atoms with Gasteiger partial charge in [-0.05, 0) is 24.6 Å². The number of aromatic nitrogens is 4. The zero-order chi connectivity index (χ0) is 18.6. The highest BCUT2D eigenvalue weighted by atomic mass is 32.5. The van der Waals surface area contributed by atoms with Crippen LogP contribution < -0.4 is 5.23 Å². The minimum Gasteiger partial charge on any atom is -0.418 e. The van der Waals surface area contributed by atoms with Crippen LogP contribution in [0.4, 0.5) is 5.82 Å². The largest absolute Gasteiger partial charge is 0.418 e.